The van der Waals surface area contributed by atoms with Gasteiger partial charge in [-0.05, 0) is 0 Å². The molecule has 0 aliphatic heterocycles. The topological polar surface area (TPSA) is 61.1 Å². The molecule has 0 atom stereocenters. The fourth-order valence-electron chi connectivity index (χ4n) is 0. The molecular weight excluding hydrogens is 130 g/mol. The summed E-state index contributed by atoms with van der Waals surface area (Å²) in [7, 11) is 0. The van der Waals surface area contributed by atoms with Crippen LogP contribution >= 0.6 is 0 Å². The molecule has 0 saturated carbocycles. The molecular formula is C7H11NO2. The van der Waals surface area contributed by atoms with Gasteiger partial charge in [-0.25, -0.2) is 4.79 Å². The van der Waals surface area contributed by atoms with Gasteiger partial charge < -0.3 is 5.11 Å². The first kappa shape index (κ1) is 15.8. The van der Waals surface area contributed by atoms with Crippen molar-refractivity contribution in [2.24, 2.45) is 0 Å². The summed E-state index contributed by atoms with van der Waals surface area (Å²) in [5.41, 5.74) is 0. The number of carbonyl (C=O) groups is 1. The van der Waals surface area contributed by atoms with Crippen LogP contribution in [0.1, 0.15) is 7.43 Å². The Balaban J connectivity index is -0.0000000910. The molecule has 0 amide bonds. The van der Waals surface area contributed by atoms with Crippen molar-refractivity contribution < 1.29 is 9.90 Å². The van der Waals surface area contributed by atoms with Crippen LogP contribution < -0.4 is 0 Å². The monoisotopic (exact) mass is 141 g/mol. The molecule has 56 valence electrons. The lowest BCUT2D eigenvalue weighted by molar-refractivity contribution is -0.131. The van der Waals surface area contributed by atoms with Crippen LogP contribution in [0.4, 0.5) is 0 Å². The number of hydrogen-bond donors (Lipinski definition) is 1. The maximum Gasteiger partial charge on any atom is 0.327 e. The minimum atomic E-state index is -0.981. The smallest absolute Gasteiger partial charge is 0.327 e. The van der Waals surface area contributed by atoms with E-state index in [-0.39, 0.29) is 7.43 Å². The van der Waals surface area contributed by atoms with E-state index in [0.717, 1.165) is 6.08 Å². The molecule has 0 rings (SSSR count). The molecule has 0 aliphatic rings. The van der Waals surface area contributed by atoms with Crippen LogP contribution in [0.25, 0.3) is 0 Å². The number of hydrogen-bond acceptors (Lipinski definition) is 2. The molecule has 0 aromatic rings. The molecule has 3 heteroatoms. The molecule has 0 aliphatic carbocycles. The summed E-state index contributed by atoms with van der Waals surface area (Å²) in [6.07, 6.45) is 2.01. The van der Waals surface area contributed by atoms with Gasteiger partial charge in [-0.3, -0.25) is 0 Å². The molecule has 0 saturated heterocycles. The zero-order valence-corrected chi connectivity index (χ0v) is 4.87. The Bertz CT molecular complexity index is 144. The van der Waals surface area contributed by atoms with Gasteiger partial charge in [-0.1, -0.05) is 20.6 Å². The lowest BCUT2D eigenvalue weighted by atomic mass is 10.7. The molecule has 0 radical (unpaired) electrons. The predicted octanol–water partition coefficient (Wildman–Crippen LogP) is 1.59. The molecule has 0 unspecified atom stereocenters. The SMILES string of the molecule is C.C=CC#N.C=CC(=O)O. The van der Waals surface area contributed by atoms with Gasteiger partial charge in [-0.2, -0.15) is 5.26 Å². The first-order valence-electron chi connectivity index (χ1n) is 2.05. The van der Waals surface area contributed by atoms with Crippen LogP contribution in [0.15, 0.2) is 25.3 Å². The maximum absolute atomic E-state index is 9.25. The zero-order valence-electron chi connectivity index (χ0n) is 4.87. The molecule has 0 aromatic carbocycles. The van der Waals surface area contributed by atoms with E-state index in [4.69, 9.17) is 10.4 Å². The highest BCUT2D eigenvalue weighted by molar-refractivity contribution is 5.78. The normalized spacial score (nSPS) is 4.70. The summed E-state index contributed by atoms with van der Waals surface area (Å²) in [5, 5.41) is 15.1. The third kappa shape index (κ3) is 91.9. The van der Waals surface area contributed by atoms with Gasteiger partial charge in [0, 0.05) is 12.2 Å². The van der Waals surface area contributed by atoms with Crippen molar-refractivity contribution in [1.82, 2.24) is 0 Å². The summed E-state index contributed by atoms with van der Waals surface area (Å²) in [6.45, 7) is 6.08. The second kappa shape index (κ2) is 15.7. The van der Waals surface area contributed by atoms with Gasteiger partial charge in [-0.15, -0.1) is 0 Å². The highest BCUT2D eigenvalue weighted by atomic mass is 16.4. The summed E-state index contributed by atoms with van der Waals surface area (Å²) < 4.78 is 0. The lowest BCUT2D eigenvalue weighted by Gasteiger charge is -1.64. The van der Waals surface area contributed by atoms with E-state index in [1.165, 1.54) is 6.08 Å². The Hall–Kier alpha value is -1.56. The van der Waals surface area contributed by atoms with Gasteiger partial charge in [0.15, 0.2) is 0 Å². The number of nitrogens with zero attached hydrogens (tertiary/aromatic N) is 1. The Morgan fingerprint density at radius 1 is 1.60 bits per heavy atom. The van der Waals surface area contributed by atoms with Gasteiger partial charge in [0.25, 0.3) is 0 Å². The molecule has 0 bridgehead atoms. The molecule has 1 N–H and O–H groups in total. The largest absolute Gasteiger partial charge is 0.478 e. The van der Waals surface area contributed by atoms with E-state index in [0.29, 0.717) is 0 Å². The summed E-state index contributed by atoms with van der Waals surface area (Å²) in [6, 6.07) is 1.69. The van der Waals surface area contributed by atoms with E-state index < -0.39 is 5.97 Å². The zero-order chi connectivity index (χ0) is 7.70. The predicted molar refractivity (Wildman–Crippen MR) is 40.4 cm³/mol. The highest BCUT2D eigenvalue weighted by Crippen LogP contribution is 1.54. The number of allylic oxidation sites excluding steroid dienone is 1. The second-order valence-electron chi connectivity index (χ2n) is 0.876. The van der Waals surface area contributed by atoms with Crippen LogP contribution in [-0.2, 0) is 4.79 Å². The van der Waals surface area contributed by atoms with E-state index in [2.05, 4.69) is 13.2 Å². The minimum absolute atomic E-state index is 0. The minimum Gasteiger partial charge on any atom is -0.478 e. The van der Waals surface area contributed by atoms with Crippen molar-refractivity contribution in [3.8, 4) is 6.07 Å². The van der Waals surface area contributed by atoms with Crippen LogP contribution in [0.3, 0.4) is 0 Å². The van der Waals surface area contributed by atoms with E-state index in [9.17, 15) is 4.79 Å². The van der Waals surface area contributed by atoms with Crippen molar-refractivity contribution >= 4 is 5.97 Å². The van der Waals surface area contributed by atoms with Gasteiger partial charge in [0.2, 0.25) is 0 Å². The third-order valence-corrected chi connectivity index (χ3v) is 0.266. The third-order valence-electron chi connectivity index (χ3n) is 0.266. The summed E-state index contributed by atoms with van der Waals surface area (Å²) in [5.74, 6) is -0.981. The van der Waals surface area contributed by atoms with E-state index in [1.54, 1.807) is 6.07 Å². The molecule has 0 aromatic heterocycles. The Morgan fingerprint density at radius 3 is 1.80 bits per heavy atom. The number of carboxylic acids is 1. The van der Waals surface area contributed by atoms with Crippen LogP contribution in [0, 0.1) is 11.3 Å². The molecule has 0 heterocycles. The summed E-state index contributed by atoms with van der Waals surface area (Å²) >= 11 is 0. The standard InChI is InChI=1S/C3H3N.C3H4O2.CH4/c1-2-3-4;1-2-3(4)5;/h2H,1H2;2H,1H2,(H,4,5);1H4. The van der Waals surface area contributed by atoms with Crippen molar-refractivity contribution in [3.05, 3.63) is 25.3 Å². The van der Waals surface area contributed by atoms with Crippen LogP contribution in [0.5, 0.6) is 0 Å². The first-order chi connectivity index (χ1) is 4.18. The van der Waals surface area contributed by atoms with E-state index in [1.807, 2.05) is 0 Å². The average Bonchev–Trinajstić information content (AvgIpc) is 1.89. The van der Waals surface area contributed by atoms with E-state index >= 15 is 0 Å². The number of carboxylic acid groups (broad SMARTS) is 1. The van der Waals surface area contributed by atoms with Gasteiger partial charge in [0.05, 0.1) is 6.07 Å². The average molecular weight is 141 g/mol. The highest BCUT2D eigenvalue weighted by Gasteiger charge is 1.73. The van der Waals surface area contributed by atoms with Crippen molar-refractivity contribution in [2.45, 2.75) is 7.43 Å². The Kier molecular flexibility index (Phi) is 24.7. The molecule has 3 nitrogen and oxygen atoms in total. The Labute approximate surface area is 60.9 Å². The number of aliphatic carboxylic acids is 1. The number of nitriles is 1. The van der Waals surface area contributed by atoms with Crippen molar-refractivity contribution in [2.75, 3.05) is 0 Å². The van der Waals surface area contributed by atoms with Crippen molar-refractivity contribution in [3.63, 3.8) is 0 Å². The molecule has 10 heavy (non-hydrogen) atoms. The first-order valence-corrected chi connectivity index (χ1v) is 2.05. The van der Waals surface area contributed by atoms with Crippen LogP contribution in [-0.4, -0.2) is 11.1 Å². The quantitative estimate of drug-likeness (QED) is 0.445. The fraction of sp³-hybridized carbons (Fsp3) is 0.143. The van der Waals surface area contributed by atoms with Crippen LogP contribution in [0.2, 0.25) is 0 Å². The lowest BCUT2D eigenvalue weighted by Crippen LogP contribution is -1.82. The second-order valence-corrected chi connectivity index (χ2v) is 0.876. The number of rotatable bonds is 1. The fourth-order valence-corrected chi connectivity index (χ4v) is 0. The van der Waals surface area contributed by atoms with Gasteiger partial charge >= 0.3 is 5.97 Å². The molecule has 0 spiro atoms. The summed E-state index contributed by atoms with van der Waals surface area (Å²) in [4.78, 5) is 9.25. The van der Waals surface area contributed by atoms with Gasteiger partial charge in [0.1, 0.15) is 0 Å². The van der Waals surface area contributed by atoms with Crippen molar-refractivity contribution in [1.29, 1.82) is 5.26 Å². The molecule has 0 fully saturated rings. The Morgan fingerprint density at radius 2 is 1.80 bits per heavy atom. The maximum atomic E-state index is 9.25.